The van der Waals surface area contributed by atoms with Gasteiger partial charge < -0.3 is 21.3 Å². The smallest absolute Gasteiger partial charge is 0.224 e. The van der Waals surface area contributed by atoms with Crippen LogP contribution in [0.15, 0.2) is 72.8 Å². The third kappa shape index (κ3) is 8.70. The Morgan fingerprint density at radius 2 is 1.70 bits per heavy atom. The molecule has 0 spiro atoms. The number of carbonyl (C=O) groups excluding carboxylic acids is 1. The molecule has 8 heteroatoms. The van der Waals surface area contributed by atoms with Gasteiger partial charge in [0.15, 0.2) is 0 Å². The molecule has 0 atom stereocenters. The molecule has 0 unspecified atom stereocenters. The second-order valence-corrected chi connectivity index (χ2v) is 9.22. The number of hydrogen-bond acceptors (Lipinski definition) is 6. The number of benzene rings is 2. The SMILES string of the molecule is Nc1nc(NCc2ccc(F)cc2)ccc1NC(=O)CCCN1CCN(C/C=C/c2ccccc2)CC1. The highest BCUT2D eigenvalue weighted by atomic mass is 19.1. The molecule has 0 aliphatic carbocycles. The van der Waals surface area contributed by atoms with Crippen LogP contribution in [0.3, 0.4) is 0 Å². The molecule has 37 heavy (non-hydrogen) atoms. The lowest BCUT2D eigenvalue weighted by atomic mass is 10.2. The van der Waals surface area contributed by atoms with Crippen molar-refractivity contribution in [3.63, 3.8) is 0 Å². The zero-order valence-corrected chi connectivity index (χ0v) is 21.1. The van der Waals surface area contributed by atoms with Crippen molar-refractivity contribution in [3.05, 3.63) is 89.8 Å². The third-order valence-electron chi connectivity index (χ3n) is 6.40. The van der Waals surface area contributed by atoms with E-state index in [1.165, 1.54) is 17.7 Å². The first-order chi connectivity index (χ1) is 18.0. The molecule has 7 nitrogen and oxygen atoms in total. The largest absolute Gasteiger partial charge is 0.382 e. The van der Waals surface area contributed by atoms with Gasteiger partial charge >= 0.3 is 0 Å². The topological polar surface area (TPSA) is 86.5 Å². The zero-order valence-electron chi connectivity index (χ0n) is 21.1. The van der Waals surface area contributed by atoms with E-state index in [0.29, 0.717) is 24.5 Å². The van der Waals surface area contributed by atoms with E-state index in [2.05, 4.69) is 61.8 Å². The maximum absolute atomic E-state index is 13.0. The number of anilines is 3. The quantitative estimate of drug-likeness (QED) is 0.359. The van der Waals surface area contributed by atoms with Crippen molar-refractivity contribution >= 4 is 29.3 Å². The molecule has 1 aromatic heterocycles. The highest BCUT2D eigenvalue weighted by Gasteiger charge is 2.16. The lowest BCUT2D eigenvalue weighted by Gasteiger charge is -2.34. The summed E-state index contributed by atoms with van der Waals surface area (Å²) in [5.41, 5.74) is 8.72. The number of halogens is 1. The Bertz CT molecular complexity index is 1160. The van der Waals surface area contributed by atoms with Crippen LogP contribution < -0.4 is 16.4 Å². The molecule has 1 aliphatic heterocycles. The molecule has 1 saturated heterocycles. The van der Waals surface area contributed by atoms with Crippen LogP contribution in [-0.2, 0) is 11.3 Å². The Balaban J connectivity index is 1.12. The van der Waals surface area contributed by atoms with Crippen LogP contribution in [0.5, 0.6) is 0 Å². The summed E-state index contributed by atoms with van der Waals surface area (Å²) < 4.78 is 13.0. The molecule has 1 aliphatic rings. The van der Waals surface area contributed by atoms with Gasteiger partial charge in [-0.3, -0.25) is 9.69 Å². The predicted octanol–water partition coefficient (Wildman–Crippen LogP) is 4.46. The molecule has 2 aromatic carbocycles. The van der Waals surface area contributed by atoms with E-state index in [1.54, 1.807) is 24.3 Å². The average molecular weight is 503 g/mol. The van der Waals surface area contributed by atoms with Crippen molar-refractivity contribution in [2.75, 3.05) is 55.6 Å². The van der Waals surface area contributed by atoms with Crippen LogP contribution >= 0.6 is 0 Å². The van der Waals surface area contributed by atoms with Gasteiger partial charge in [0.1, 0.15) is 17.5 Å². The van der Waals surface area contributed by atoms with Crippen LogP contribution in [0.2, 0.25) is 0 Å². The highest BCUT2D eigenvalue weighted by molar-refractivity contribution is 5.93. The number of amides is 1. The van der Waals surface area contributed by atoms with E-state index < -0.39 is 0 Å². The van der Waals surface area contributed by atoms with Gasteiger partial charge in [-0.2, -0.15) is 0 Å². The zero-order chi connectivity index (χ0) is 25.9. The fourth-order valence-corrected chi connectivity index (χ4v) is 4.25. The Morgan fingerprint density at radius 3 is 2.43 bits per heavy atom. The van der Waals surface area contributed by atoms with Crippen molar-refractivity contribution in [2.45, 2.75) is 19.4 Å². The predicted molar refractivity (Wildman–Crippen MR) is 149 cm³/mol. The molecule has 194 valence electrons. The molecule has 1 amide bonds. The monoisotopic (exact) mass is 502 g/mol. The summed E-state index contributed by atoms with van der Waals surface area (Å²) in [6.45, 7) is 6.47. The first-order valence-electron chi connectivity index (χ1n) is 12.8. The van der Waals surface area contributed by atoms with Crippen LogP contribution in [0, 0.1) is 5.82 Å². The van der Waals surface area contributed by atoms with Crippen LogP contribution in [0.4, 0.5) is 21.7 Å². The van der Waals surface area contributed by atoms with Gasteiger partial charge in [0, 0.05) is 45.7 Å². The van der Waals surface area contributed by atoms with Crippen molar-refractivity contribution in [1.82, 2.24) is 14.8 Å². The number of nitrogen functional groups attached to an aromatic ring is 1. The lowest BCUT2D eigenvalue weighted by molar-refractivity contribution is -0.116. The van der Waals surface area contributed by atoms with Gasteiger partial charge in [0.2, 0.25) is 5.91 Å². The molecule has 1 fully saturated rings. The van der Waals surface area contributed by atoms with Gasteiger partial charge in [-0.15, -0.1) is 0 Å². The Labute approximate surface area is 218 Å². The molecule has 3 aromatic rings. The fraction of sp³-hybridized carbons (Fsp3) is 0.310. The number of piperazine rings is 1. The maximum Gasteiger partial charge on any atom is 0.224 e. The molecule has 0 bridgehead atoms. The second-order valence-electron chi connectivity index (χ2n) is 9.22. The summed E-state index contributed by atoms with van der Waals surface area (Å²) in [4.78, 5) is 21.6. The summed E-state index contributed by atoms with van der Waals surface area (Å²) >= 11 is 0. The number of aromatic nitrogens is 1. The van der Waals surface area contributed by atoms with E-state index in [-0.39, 0.29) is 17.5 Å². The average Bonchev–Trinajstić information content (AvgIpc) is 2.91. The number of nitrogens with zero attached hydrogens (tertiary/aromatic N) is 3. The minimum atomic E-state index is -0.267. The van der Waals surface area contributed by atoms with Crippen molar-refractivity contribution < 1.29 is 9.18 Å². The van der Waals surface area contributed by atoms with Crippen molar-refractivity contribution in [3.8, 4) is 0 Å². The highest BCUT2D eigenvalue weighted by Crippen LogP contribution is 2.20. The minimum absolute atomic E-state index is 0.0646. The summed E-state index contributed by atoms with van der Waals surface area (Å²) in [6, 6.07) is 20.1. The van der Waals surface area contributed by atoms with Crippen molar-refractivity contribution in [1.29, 1.82) is 0 Å². The van der Waals surface area contributed by atoms with E-state index in [4.69, 9.17) is 5.73 Å². The normalized spacial score (nSPS) is 14.6. The Kier molecular flexibility index (Phi) is 9.62. The molecule has 0 radical (unpaired) electrons. The maximum atomic E-state index is 13.0. The molecule has 4 N–H and O–H groups in total. The number of carbonyl (C=O) groups is 1. The number of nitrogens with one attached hydrogen (secondary N) is 2. The first kappa shape index (κ1) is 26.3. The number of pyridine rings is 1. The van der Waals surface area contributed by atoms with Crippen molar-refractivity contribution in [2.24, 2.45) is 0 Å². The minimum Gasteiger partial charge on any atom is -0.382 e. The standard InChI is InChI=1S/C29H35FN6O/c30-25-12-10-24(11-13-25)22-32-27-15-14-26(29(31)34-27)33-28(37)9-5-17-36-20-18-35(19-21-36)16-4-8-23-6-2-1-3-7-23/h1-4,6-8,10-15H,5,9,16-22H2,(H,33,37)(H3,31,32,34)/b8-4+. The van der Waals surface area contributed by atoms with Crippen LogP contribution in [-0.4, -0.2) is 60.0 Å². The van der Waals surface area contributed by atoms with Gasteiger partial charge in [-0.1, -0.05) is 54.6 Å². The summed E-state index contributed by atoms with van der Waals surface area (Å²) in [7, 11) is 0. The lowest BCUT2D eigenvalue weighted by Crippen LogP contribution is -2.46. The molecular weight excluding hydrogens is 467 g/mol. The Hall–Kier alpha value is -3.75. The molecular formula is C29H35FN6O. The number of hydrogen-bond donors (Lipinski definition) is 3. The van der Waals surface area contributed by atoms with Gasteiger partial charge in [-0.25, -0.2) is 9.37 Å². The molecule has 0 saturated carbocycles. The second kappa shape index (κ2) is 13.5. The van der Waals surface area contributed by atoms with E-state index in [0.717, 1.165) is 51.3 Å². The molecule has 2 heterocycles. The number of rotatable bonds is 11. The van der Waals surface area contributed by atoms with E-state index >= 15 is 0 Å². The third-order valence-corrected chi connectivity index (χ3v) is 6.40. The van der Waals surface area contributed by atoms with Gasteiger partial charge in [0.05, 0.1) is 5.69 Å². The molecule has 4 rings (SSSR count). The first-order valence-corrected chi connectivity index (χ1v) is 12.8. The summed E-state index contributed by atoms with van der Waals surface area (Å²) in [6.07, 6.45) is 5.63. The summed E-state index contributed by atoms with van der Waals surface area (Å²) in [5, 5.41) is 6.02. The van der Waals surface area contributed by atoms with Crippen LogP contribution in [0.25, 0.3) is 6.08 Å². The fourth-order valence-electron chi connectivity index (χ4n) is 4.25. The van der Waals surface area contributed by atoms with Crippen LogP contribution in [0.1, 0.15) is 24.0 Å². The summed E-state index contributed by atoms with van der Waals surface area (Å²) in [5.74, 6) is 0.520. The van der Waals surface area contributed by atoms with Gasteiger partial charge in [0.25, 0.3) is 0 Å². The van der Waals surface area contributed by atoms with E-state index in [1.807, 2.05) is 6.07 Å². The Morgan fingerprint density at radius 1 is 0.973 bits per heavy atom. The number of nitrogens with two attached hydrogens (primary N) is 1. The van der Waals surface area contributed by atoms with Gasteiger partial charge in [-0.05, 0) is 48.4 Å². The van der Waals surface area contributed by atoms with E-state index in [9.17, 15) is 9.18 Å².